The van der Waals surface area contributed by atoms with Crippen molar-refractivity contribution >= 4 is 28.4 Å². The summed E-state index contributed by atoms with van der Waals surface area (Å²) >= 11 is 0.168. The van der Waals surface area contributed by atoms with Crippen molar-refractivity contribution in [2.75, 3.05) is 6.61 Å². The summed E-state index contributed by atoms with van der Waals surface area (Å²) in [4.78, 5) is 4.01. The smallest absolute Gasteiger partial charge is 0.289 e. The molecule has 0 radical (unpaired) electrons. The molecule has 0 aliphatic carbocycles. The number of nitrogens with zero attached hydrogens (tertiary/aromatic N) is 1. The van der Waals surface area contributed by atoms with E-state index >= 15 is 0 Å². The van der Waals surface area contributed by atoms with E-state index in [1.54, 1.807) is 6.07 Å². The average Bonchev–Trinajstić information content (AvgIpc) is 2.39. The van der Waals surface area contributed by atoms with Crippen molar-refractivity contribution in [3.63, 3.8) is 0 Å². The van der Waals surface area contributed by atoms with Crippen molar-refractivity contribution in [3.05, 3.63) is 42.4 Å². The lowest BCUT2D eigenvalue weighted by Crippen LogP contribution is -1.93. The standard InChI is InChI=1S/C14H12F3NOS/c1-3-19-8(2)10-4-9-5-11(15)13(20-14(16)17)6-12(9)18-7-10/h4-7,14H,2-3H2,1H3. The third-order valence-electron chi connectivity index (χ3n) is 2.59. The van der Waals surface area contributed by atoms with Crippen molar-refractivity contribution in [3.8, 4) is 0 Å². The number of pyridine rings is 1. The van der Waals surface area contributed by atoms with Crippen LogP contribution in [0.4, 0.5) is 13.2 Å². The van der Waals surface area contributed by atoms with Crippen LogP contribution < -0.4 is 0 Å². The van der Waals surface area contributed by atoms with Crippen LogP contribution in [-0.2, 0) is 4.74 Å². The molecule has 0 saturated carbocycles. The molecular weight excluding hydrogens is 287 g/mol. The maximum Gasteiger partial charge on any atom is 0.289 e. The highest BCUT2D eigenvalue weighted by molar-refractivity contribution is 7.99. The second kappa shape index (κ2) is 6.17. The van der Waals surface area contributed by atoms with Crippen molar-refractivity contribution in [1.82, 2.24) is 4.98 Å². The minimum atomic E-state index is -2.67. The summed E-state index contributed by atoms with van der Waals surface area (Å²) in [5.74, 6) is -2.92. The average molecular weight is 299 g/mol. The van der Waals surface area contributed by atoms with E-state index in [0.717, 1.165) is 0 Å². The summed E-state index contributed by atoms with van der Waals surface area (Å²) in [6, 6.07) is 4.17. The van der Waals surface area contributed by atoms with Crippen LogP contribution in [-0.4, -0.2) is 17.3 Å². The molecule has 2 nitrogen and oxygen atoms in total. The van der Waals surface area contributed by atoms with E-state index in [2.05, 4.69) is 11.6 Å². The van der Waals surface area contributed by atoms with Crippen molar-refractivity contribution in [2.45, 2.75) is 17.6 Å². The van der Waals surface area contributed by atoms with Gasteiger partial charge in [0.1, 0.15) is 11.6 Å². The van der Waals surface area contributed by atoms with Gasteiger partial charge in [-0.1, -0.05) is 18.3 Å². The SMILES string of the molecule is C=C(OCC)c1cnc2cc(SC(F)F)c(F)cc2c1. The number of fused-ring (bicyclic) bond motifs is 1. The molecule has 1 aromatic carbocycles. The molecule has 0 spiro atoms. The first kappa shape index (κ1) is 14.7. The van der Waals surface area contributed by atoms with Crippen molar-refractivity contribution < 1.29 is 17.9 Å². The summed E-state index contributed by atoms with van der Waals surface area (Å²) in [6.45, 7) is 6.04. The van der Waals surface area contributed by atoms with Crippen LogP contribution in [0, 0.1) is 5.82 Å². The molecule has 0 amide bonds. The molecule has 20 heavy (non-hydrogen) atoms. The molecule has 2 rings (SSSR count). The monoisotopic (exact) mass is 299 g/mol. The van der Waals surface area contributed by atoms with Gasteiger partial charge < -0.3 is 4.74 Å². The summed E-state index contributed by atoms with van der Waals surface area (Å²) in [5, 5.41) is 0.513. The van der Waals surface area contributed by atoms with Crippen LogP contribution >= 0.6 is 11.8 Å². The number of ether oxygens (including phenoxy) is 1. The van der Waals surface area contributed by atoms with Crippen molar-refractivity contribution in [1.29, 1.82) is 0 Å². The fourth-order valence-electron chi connectivity index (χ4n) is 1.73. The summed E-state index contributed by atoms with van der Waals surface area (Å²) in [6.07, 6.45) is 1.52. The molecule has 0 atom stereocenters. The molecule has 0 bridgehead atoms. The lowest BCUT2D eigenvalue weighted by molar-refractivity contribution is 0.252. The maximum absolute atomic E-state index is 13.7. The Morgan fingerprint density at radius 1 is 1.40 bits per heavy atom. The van der Waals surface area contributed by atoms with Gasteiger partial charge in [-0.3, -0.25) is 4.98 Å². The molecule has 0 aliphatic heterocycles. The first-order chi connectivity index (χ1) is 9.51. The molecule has 6 heteroatoms. The van der Waals surface area contributed by atoms with Gasteiger partial charge in [0.2, 0.25) is 0 Å². The predicted molar refractivity (Wildman–Crippen MR) is 74.2 cm³/mol. The van der Waals surface area contributed by atoms with Crippen LogP contribution in [0.2, 0.25) is 0 Å². The second-order valence-corrected chi connectivity index (χ2v) is 4.97. The molecule has 2 aromatic rings. The molecule has 0 aliphatic rings. The number of hydrogen-bond acceptors (Lipinski definition) is 3. The molecule has 0 unspecified atom stereocenters. The maximum atomic E-state index is 13.7. The summed E-state index contributed by atoms with van der Waals surface area (Å²) in [5.41, 5.74) is 1.08. The first-order valence-corrected chi connectivity index (χ1v) is 6.75. The van der Waals surface area contributed by atoms with Gasteiger partial charge >= 0.3 is 0 Å². The van der Waals surface area contributed by atoms with Gasteiger partial charge in [-0.15, -0.1) is 0 Å². The number of benzene rings is 1. The minimum absolute atomic E-state index is 0.114. The van der Waals surface area contributed by atoms with Crippen molar-refractivity contribution in [2.24, 2.45) is 0 Å². The molecule has 0 fully saturated rings. The van der Waals surface area contributed by atoms with Crippen LogP contribution in [0.3, 0.4) is 0 Å². The highest BCUT2D eigenvalue weighted by Crippen LogP contribution is 2.31. The lowest BCUT2D eigenvalue weighted by Gasteiger charge is -2.09. The predicted octanol–water partition coefficient (Wildman–Crippen LogP) is 4.70. The Balaban J connectivity index is 2.42. The number of hydrogen-bond donors (Lipinski definition) is 0. The van der Waals surface area contributed by atoms with E-state index in [1.165, 1.54) is 18.3 Å². The van der Waals surface area contributed by atoms with Gasteiger partial charge in [-0.2, -0.15) is 8.78 Å². The van der Waals surface area contributed by atoms with E-state index in [9.17, 15) is 13.2 Å². The van der Waals surface area contributed by atoms with E-state index in [1.807, 2.05) is 6.92 Å². The fraction of sp³-hybridized carbons (Fsp3) is 0.214. The highest BCUT2D eigenvalue weighted by atomic mass is 32.2. The molecule has 106 valence electrons. The summed E-state index contributed by atoms with van der Waals surface area (Å²) in [7, 11) is 0. The number of thioether (sulfide) groups is 1. The Kier molecular flexibility index (Phi) is 4.54. The topological polar surface area (TPSA) is 22.1 Å². The van der Waals surface area contributed by atoms with Gasteiger partial charge in [-0.05, 0) is 25.1 Å². The van der Waals surface area contributed by atoms with E-state index in [4.69, 9.17) is 4.74 Å². The van der Waals surface area contributed by atoms with E-state index < -0.39 is 11.6 Å². The zero-order valence-electron chi connectivity index (χ0n) is 10.7. The lowest BCUT2D eigenvalue weighted by atomic mass is 10.1. The normalized spacial score (nSPS) is 11.1. The third-order valence-corrected chi connectivity index (χ3v) is 3.34. The number of rotatable bonds is 5. The zero-order valence-corrected chi connectivity index (χ0v) is 11.5. The number of alkyl halides is 2. The van der Waals surface area contributed by atoms with Crippen LogP contribution in [0.1, 0.15) is 12.5 Å². The fourth-order valence-corrected chi connectivity index (χ4v) is 2.27. The Morgan fingerprint density at radius 2 is 2.15 bits per heavy atom. The second-order valence-electron chi connectivity index (χ2n) is 3.93. The quantitative estimate of drug-likeness (QED) is 0.590. The first-order valence-electron chi connectivity index (χ1n) is 5.87. The summed E-state index contributed by atoms with van der Waals surface area (Å²) < 4.78 is 43.6. The Bertz CT molecular complexity index is 646. The van der Waals surface area contributed by atoms with Crippen LogP contribution in [0.5, 0.6) is 0 Å². The van der Waals surface area contributed by atoms with Gasteiger partial charge in [0.05, 0.1) is 17.0 Å². The third kappa shape index (κ3) is 3.25. The molecule has 1 aromatic heterocycles. The van der Waals surface area contributed by atoms with Crippen LogP contribution in [0.15, 0.2) is 35.9 Å². The Hall–Kier alpha value is -1.69. The molecule has 1 heterocycles. The van der Waals surface area contributed by atoms with E-state index in [-0.39, 0.29) is 16.7 Å². The van der Waals surface area contributed by atoms with Gasteiger partial charge in [0.25, 0.3) is 5.76 Å². The van der Waals surface area contributed by atoms with Gasteiger partial charge in [-0.25, -0.2) is 4.39 Å². The van der Waals surface area contributed by atoms with Crippen LogP contribution in [0.25, 0.3) is 16.7 Å². The van der Waals surface area contributed by atoms with Gasteiger partial charge in [0.15, 0.2) is 0 Å². The Morgan fingerprint density at radius 3 is 2.80 bits per heavy atom. The molecule has 0 N–H and O–H groups in total. The Labute approximate surface area is 118 Å². The molecule has 0 saturated heterocycles. The number of aromatic nitrogens is 1. The largest absolute Gasteiger partial charge is 0.494 e. The molecular formula is C14H12F3NOS. The number of halogens is 3. The van der Waals surface area contributed by atoms with E-state index in [0.29, 0.717) is 28.8 Å². The minimum Gasteiger partial charge on any atom is -0.494 e. The van der Waals surface area contributed by atoms with Gasteiger partial charge in [0, 0.05) is 17.1 Å². The zero-order chi connectivity index (χ0) is 14.7. The highest BCUT2D eigenvalue weighted by Gasteiger charge is 2.12.